The fraction of sp³-hybridized carbons (Fsp3) is 0.250. The van der Waals surface area contributed by atoms with Crippen LogP contribution in [0.1, 0.15) is 29.3 Å². The maximum atomic E-state index is 11.3. The van der Waals surface area contributed by atoms with Gasteiger partial charge in [-0.2, -0.15) is 0 Å². The molecule has 5 heteroatoms. The van der Waals surface area contributed by atoms with Crippen LogP contribution in [0.25, 0.3) is 0 Å². The van der Waals surface area contributed by atoms with Crippen molar-refractivity contribution in [3.05, 3.63) is 47.7 Å². The Morgan fingerprint density at radius 2 is 1.86 bits per heavy atom. The van der Waals surface area contributed by atoms with Crippen molar-refractivity contribution < 1.29 is 19.4 Å². The van der Waals surface area contributed by atoms with Gasteiger partial charge in [-0.25, -0.2) is 9.78 Å². The van der Waals surface area contributed by atoms with Gasteiger partial charge in [-0.1, -0.05) is 6.92 Å². The lowest BCUT2D eigenvalue weighted by molar-refractivity contribution is 0.0692. The van der Waals surface area contributed by atoms with Crippen LogP contribution in [-0.4, -0.2) is 22.7 Å². The molecule has 0 amide bonds. The Labute approximate surface area is 123 Å². The maximum Gasteiger partial charge on any atom is 0.341 e. The van der Waals surface area contributed by atoms with Gasteiger partial charge >= 0.3 is 5.97 Å². The van der Waals surface area contributed by atoms with Crippen LogP contribution in [0.5, 0.6) is 17.4 Å². The minimum atomic E-state index is -1.06. The normalized spacial score (nSPS) is 10.2. The van der Waals surface area contributed by atoms with Gasteiger partial charge in [-0.05, 0) is 49.2 Å². The summed E-state index contributed by atoms with van der Waals surface area (Å²) in [5.74, 6) is 0.294. The average Bonchev–Trinajstić information content (AvgIpc) is 2.46. The largest absolute Gasteiger partial charge is 0.494 e. The van der Waals surface area contributed by atoms with Gasteiger partial charge in [0.1, 0.15) is 17.1 Å². The Morgan fingerprint density at radius 3 is 2.48 bits per heavy atom. The first-order chi connectivity index (χ1) is 10.1. The summed E-state index contributed by atoms with van der Waals surface area (Å²) in [6.07, 6.45) is 2.46. The molecule has 0 spiro atoms. The summed E-state index contributed by atoms with van der Waals surface area (Å²) in [6.45, 7) is 4.40. The number of hydrogen-bond donors (Lipinski definition) is 1. The molecule has 2 aromatic rings. The van der Waals surface area contributed by atoms with Crippen molar-refractivity contribution in [2.24, 2.45) is 0 Å². The molecule has 1 heterocycles. The first-order valence-electron chi connectivity index (χ1n) is 6.71. The van der Waals surface area contributed by atoms with Gasteiger partial charge in [0.15, 0.2) is 0 Å². The van der Waals surface area contributed by atoms with Crippen molar-refractivity contribution in [2.45, 2.75) is 20.3 Å². The highest BCUT2D eigenvalue weighted by molar-refractivity contribution is 5.91. The first-order valence-corrected chi connectivity index (χ1v) is 6.71. The fourth-order valence-electron chi connectivity index (χ4n) is 1.81. The van der Waals surface area contributed by atoms with Crippen LogP contribution >= 0.6 is 0 Å². The second-order valence-electron chi connectivity index (χ2n) is 4.54. The molecule has 0 aliphatic heterocycles. The molecule has 0 unspecified atom stereocenters. The Bertz CT molecular complexity index is 623. The minimum absolute atomic E-state index is 0.0730. The minimum Gasteiger partial charge on any atom is -0.494 e. The fourth-order valence-corrected chi connectivity index (χ4v) is 1.81. The summed E-state index contributed by atoms with van der Waals surface area (Å²) in [5, 5.41) is 9.23. The molecule has 0 bridgehead atoms. The molecule has 0 aliphatic rings. The lowest BCUT2D eigenvalue weighted by Gasteiger charge is -2.10. The standard InChI is InChI=1S/C16H17NO4/c1-3-10-20-12-4-6-13(7-5-12)21-15-14(16(18)19)11(2)8-9-17-15/h4-9H,3,10H2,1-2H3,(H,18,19). The van der Waals surface area contributed by atoms with E-state index in [2.05, 4.69) is 4.98 Å². The van der Waals surface area contributed by atoms with Gasteiger partial charge in [0, 0.05) is 6.20 Å². The molecule has 1 aromatic heterocycles. The van der Waals surface area contributed by atoms with Crippen molar-refractivity contribution >= 4 is 5.97 Å². The predicted molar refractivity (Wildman–Crippen MR) is 78.2 cm³/mol. The number of aromatic carboxylic acids is 1. The summed E-state index contributed by atoms with van der Waals surface area (Å²) < 4.78 is 11.0. The van der Waals surface area contributed by atoms with Crippen LogP contribution in [0.4, 0.5) is 0 Å². The molecular weight excluding hydrogens is 270 g/mol. The van der Waals surface area contributed by atoms with Crippen LogP contribution in [0, 0.1) is 6.92 Å². The van der Waals surface area contributed by atoms with E-state index in [0.29, 0.717) is 17.9 Å². The van der Waals surface area contributed by atoms with Crippen molar-refractivity contribution in [1.82, 2.24) is 4.98 Å². The number of aromatic nitrogens is 1. The van der Waals surface area contributed by atoms with Gasteiger partial charge in [0.2, 0.25) is 5.88 Å². The van der Waals surface area contributed by atoms with Crippen LogP contribution in [0.15, 0.2) is 36.5 Å². The van der Waals surface area contributed by atoms with E-state index in [4.69, 9.17) is 9.47 Å². The number of carboxylic acids is 1. The van der Waals surface area contributed by atoms with Crippen LogP contribution in [0.2, 0.25) is 0 Å². The third kappa shape index (κ3) is 3.72. The molecule has 2 rings (SSSR count). The molecule has 110 valence electrons. The number of hydrogen-bond acceptors (Lipinski definition) is 4. The van der Waals surface area contributed by atoms with Crippen LogP contribution in [0.3, 0.4) is 0 Å². The van der Waals surface area contributed by atoms with Gasteiger partial charge in [-0.15, -0.1) is 0 Å². The maximum absolute atomic E-state index is 11.3. The molecule has 0 radical (unpaired) electrons. The van der Waals surface area contributed by atoms with Crippen molar-refractivity contribution in [3.8, 4) is 17.4 Å². The highest BCUT2D eigenvalue weighted by Crippen LogP contribution is 2.26. The van der Waals surface area contributed by atoms with Crippen molar-refractivity contribution in [2.75, 3.05) is 6.61 Å². The number of rotatable bonds is 6. The second-order valence-corrected chi connectivity index (χ2v) is 4.54. The molecule has 0 aliphatic carbocycles. The van der Waals surface area contributed by atoms with Gasteiger partial charge in [0.25, 0.3) is 0 Å². The monoisotopic (exact) mass is 287 g/mol. The molecule has 0 fully saturated rings. The second kappa shape index (κ2) is 6.74. The summed E-state index contributed by atoms with van der Waals surface area (Å²) in [4.78, 5) is 15.3. The number of pyridine rings is 1. The number of ether oxygens (including phenoxy) is 2. The van der Waals surface area contributed by atoms with Crippen LogP contribution in [-0.2, 0) is 0 Å². The molecule has 0 saturated carbocycles. The lowest BCUT2D eigenvalue weighted by atomic mass is 10.1. The Kier molecular flexibility index (Phi) is 4.77. The highest BCUT2D eigenvalue weighted by atomic mass is 16.5. The summed E-state index contributed by atoms with van der Waals surface area (Å²) in [5.41, 5.74) is 0.680. The van der Waals surface area contributed by atoms with Crippen LogP contribution < -0.4 is 9.47 Å². The molecule has 1 N–H and O–H groups in total. The Hall–Kier alpha value is -2.56. The Balaban J connectivity index is 2.19. The summed E-state index contributed by atoms with van der Waals surface area (Å²) >= 11 is 0. The number of carboxylic acid groups (broad SMARTS) is 1. The molecule has 5 nitrogen and oxygen atoms in total. The molecule has 21 heavy (non-hydrogen) atoms. The quantitative estimate of drug-likeness (QED) is 0.877. The van der Waals surface area contributed by atoms with Gasteiger partial charge in [0.05, 0.1) is 6.61 Å². The number of benzene rings is 1. The van der Waals surface area contributed by atoms with E-state index in [1.54, 1.807) is 37.3 Å². The van der Waals surface area contributed by atoms with E-state index in [1.165, 1.54) is 6.20 Å². The lowest BCUT2D eigenvalue weighted by Crippen LogP contribution is -2.04. The number of nitrogens with zero attached hydrogens (tertiary/aromatic N) is 1. The van der Waals surface area contributed by atoms with E-state index in [0.717, 1.165) is 12.2 Å². The SMILES string of the molecule is CCCOc1ccc(Oc2nccc(C)c2C(=O)O)cc1. The number of carbonyl (C=O) groups is 1. The van der Waals surface area contributed by atoms with Gasteiger partial charge in [-0.3, -0.25) is 0 Å². The first kappa shape index (κ1) is 14.8. The molecule has 0 atom stereocenters. The zero-order valence-corrected chi connectivity index (χ0v) is 12.0. The van der Waals surface area contributed by atoms with E-state index in [-0.39, 0.29) is 11.4 Å². The topological polar surface area (TPSA) is 68.7 Å². The van der Waals surface area contributed by atoms with Crippen molar-refractivity contribution in [3.63, 3.8) is 0 Å². The van der Waals surface area contributed by atoms with E-state index < -0.39 is 5.97 Å². The molecule has 0 saturated heterocycles. The van der Waals surface area contributed by atoms with Gasteiger partial charge < -0.3 is 14.6 Å². The zero-order valence-electron chi connectivity index (χ0n) is 12.0. The Morgan fingerprint density at radius 1 is 1.19 bits per heavy atom. The zero-order chi connectivity index (χ0) is 15.2. The molecular formula is C16H17NO4. The summed E-state index contributed by atoms with van der Waals surface area (Å²) in [6, 6.07) is 8.64. The average molecular weight is 287 g/mol. The smallest absolute Gasteiger partial charge is 0.341 e. The van der Waals surface area contributed by atoms with E-state index in [1.807, 2.05) is 6.92 Å². The predicted octanol–water partition coefficient (Wildman–Crippen LogP) is 3.67. The molecule has 1 aromatic carbocycles. The van der Waals surface area contributed by atoms with Crippen molar-refractivity contribution in [1.29, 1.82) is 0 Å². The van der Waals surface area contributed by atoms with E-state index >= 15 is 0 Å². The number of aryl methyl sites for hydroxylation is 1. The third-order valence-electron chi connectivity index (χ3n) is 2.85. The third-order valence-corrected chi connectivity index (χ3v) is 2.85. The highest BCUT2D eigenvalue weighted by Gasteiger charge is 2.16. The van der Waals surface area contributed by atoms with E-state index in [9.17, 15) is 9.90 Å². The summed E-state index contributed by atoms with van der Waals surface area (Å²) in [7, 11) is 0.